The van der Waals surface area contributed by atoms with E-state index in [4.69, 9.17) is 9.26 Å². The molecular weight excluding hydrogens is 346 g/mol. The van der Waals surface area contributed by atoms with E-state index in [2.05, 4.69) is 26.9 Å². The van der Waals surface area contributed by atoms with Gasteiger partial charge in [0.1, 0.15) is 5.69 Å². The van der Waals surface area contributed by atoms with Crippen LogP contribution in [-0.4, -0.2) is 75.8 Å². The number of carbonyl (C=O) groups excluding carboxylic acids is 1. The molecule has 0 radical (unpaired) electrons. The number of rotatable bonds is 5. The lowest BCUT2D eigenvalue weighted by atomic mass is 9.92. The number of nitrogens with zero attached hydrogens (tertiary/aromatic N) is 5. The zero-order valence-electron chi connectivity index (χ0n) is 15.6. The topological polar surface area (TPSA) is 84.6 Å². The summed E-state index contributed by atoms with van der Waals surface area (Å²) in [6.07, 6.45) is 3.48. The fourth-order valence-electron chi connectivity index (χ4n) is 4.02. The Balaban J connectivity index is 1.35. The summed E-state index contributed by atoms with van der Waals surface area (Å²) in [5.41, 5.74) is 0.650. The van der Waals surface area contributed by atoms with Crippen LogP contribution in [0.2, 0.25) is 0 Å². The molecule has 2 aromatic rings. The van der Waals surface area contributed by atoms with Crippen LogP contribution < -0.4 is 0 Å². The van der Waals surface area contributed by atoms with Gasteiger partial charge in [0.05, 0.1) is 12.1 Å². The molecule has 0 saturated carbocycles. The summed E-state index contributed by atoms with van der Waals surface area (Å²) in [4.78, 5) is 25.7. The number of pyridine rings is 1. The van der Waals surface area contributed by atoms with Gasteiger partial charge >= 0.3 is 0 Å². The molecule has 1 amide bonds. The summed E-state index contributed by atoms with van der Waals surface area (Å²) in [6.45, 7) is 7.05. The average molecular weight is 371 g/mol. The highest BCUT2D eigenvalue weighted by Crippen LogP contribution is 2.30. The van der Waals surface area contributed by atoms with Crippen LogP contribution in [0.3, 0.4) is 0 Å². The lowest BCUT2D eigenvalue weighted by Gasteiger charge is -2.48. The van der Waals surface area contributed by atoms with Crippen molar-refractivity contribution in [2.24, 2.45) is 0 Å². The maximum absolute atomic E-state index is 12.7. The molecule has 0 bridgehead atoms. The van der Waals surface area contributed by atoms with Gasteiger partial charge in [-0.05, 0) is 25.1 Å². The zero-order chi connectivity index (χ0) is 18.7. The molecule has 2 aliphatic rings. The van der Waals surface area contributed by atoms with E-state index in [9.17, 15) is 4.79 Å². The van der Waals surface area contributed by atoms with Gasteiger partial charge in [-0.15, -0.1) is 0 Å². The lowest BCUT2D eigenvalue weighted by Crippen LogP contribution is -2.63. The Hall–Kier alpha value is -2.32. The van der Waals surface area contributed by atoms with Crippen LogP contribution in [-0.2, 0) is 16.0 Å². The van der Waals surface area contributed by atoms with Gasteiger partial charge in [-0.2, -0.15) is 4.98 Å². The minimum Gasteiger partial charge on any atom is -0.379 e. The predicted molar refractivity (Wildman–Crippen MR) is 97.8 cm³/mol. The zero-order valence-corrected chi connectivity index (χ0v) is 15.6. The molecule has 1 unspecified atom stereocenters. The largest absolute Gasteiger partial charge is 0.379 e. The second-order valence-electron chi connectivity index (χ2n) is 7.15. The van der Waals surface area contributed by atoms with Crippen molar-refractivity contribution in [1.29, 1.82) is 0 Å². The van der Waals surface area contributed by atoms with Gasteiger partial charge < -0.3 is 14.2 Å². The van der Waals surface area contributed by atoms with Gasteiger partial charge in [0.25, 0.3) is 0 Å². The predicted octanol–water partition coefficient (Wildman–Crippen LogP) is 1.39. The molecule has 2 aromatic heterocycles. The van der Waals surface area contributed by atoms with Crippen molar-refractivity contribution in [2.45, 2.75) is 31.7 Å². The first-order chi connectivity index (χ1) is 13.2. The average Bonchev–Trinajstić information content (AvgIpc) is 3.37. The maximum atomic E-state index is 12.7. The first-order valence-electron chi connectivity index (χ1n) is 9.55. The Morgan fingerprint density at radius 3 is 3.00 bits per heavy atom. The summed E-state index contributed by atoms with van der Waals surface area (Å²) in [7, 11) is 0. The molecule has 2 saturated heterocycles. The van der Waals surface area contributed by atoms with Crippen LogP contribution in [0.15, 0.2) is 28.9 Å². The van der Waals surface area contributed by atoms with E-state index < -0.39 is 0 Å². The Bertz CT molecular complexity index is 773. The van der Waals surface area contributed by atoms with Gasteiger partial charge in [-0.25, -0.2) is 0 Å². The summed E-state index contributed by atoms with van der Waals surface area (Å²) in [6, 6.07) is 5.54. The first kappa shape index (κ1) is 18.1. The van der Waals surface area contributed by atoms with E-state index in [0.717, 1.165) is 39.2 Å². The molecule has 27 heavy (non-hydrogen) atoms. The van der Waals surface area contributed by atoms with Crippen LogP contribution in [0.25, 0.3) is 11.5 Å². The number of hydrogen-bond donors (Lipinski definition) is 0. The van der Waals surface area contributed by atoms with E-state index in [0.29, 0.717) is 36.9 Å². The fourth-order valence-corrected chi connectivity index (χ4v) is 4.02. The van der Waals surface area contributed by atoms with Crippen molar-refractivity contribution >= 4 is 5.91 Å². The number of carbonyl (C=O) groups is 1. The van der Waals surface area contributed by atoms with Gasteiger partial charge in [0.15, 0.2) is 0 Å². The van der Waals surface area contributed by atoms with Gasteiger partial charge in [0, 0.05) is 45.3 Å². The summed E-state index contributed by atoms with van der Waals surface area (Å²) in [5, 5.41) is 3.96. The Labute approximate surface area is 158 Å². The van der Waals surface area contributed by atoms with Crippen LogP contribution in [0.1, 0.15) is 25.7 Å². The molecule has 4 rings (SSSR count). The molecule has 0 N–H and O–H groups in total. The molecule has 2 aliphatic heterocycles. The van der Waals surface area contributed by atoms with Crippen LogP contribution in [0, 0.1) is 0 Å². The van der Waals surface area contributed by atoms with Crippen LogP contribution in [0.4, 0.5) is 0 Å². The molecule has 4 heterocycles. The fraction of sp³-hybridized carbons (Fsp3) is 0.579. The third-order valence-electron chi connectivity index (χ3n) is 5.53. The van der Waals surface area contributed by atoms with Crippen molar-refractivity contribution in [3.8, 4) is 11.5 Å². The van der Waals surface area contributed by atoms with Crippen molar-refractivity contribution in [3.63, 3.8) is 0 Å². The number of likely N-dealkylation sites (N-methyl/N-ethyl adjacent to an activating group) is 1. The normalized spacial score (nSPS) is 23.2. The summed E-state index contributed by atoms with van der Waals surface area (Å²) in [5.74, 6) is 1.06. The number of piperazine rings is 1. The highest BCUT2D eigenvalue weighted by molar-refractivity contribution is 5.76. The third kappa shape index (κ3) is 3.72. The highest BCUT2D eigenvalue weighted by atomic mass is 16.5. The molecular formula is C19H25N5O3. The van der Waals surface area contributed by atoms with Crippen LogP contribution in [0.5, 0.6) is 0 Å². The Kier molecular flexibility index (Phi) is 5.18. The van der Waals surface area contributed by atoms with Crippen LogP contribution >= 0.6 is 0 Å². The first-order valence-corrected chi connectivity index (χ1v) is 9.55. The van der Waals surface area contributed by atoms with Crippen molar-refractivity contribution in [2.75, 3.05) is 39.4 Å². The Morgan fingerprint density at radius 1 is 1.33 bits per heavy atom. The van der Waals surface area contributed by atoms with E-state index in [-0.39, 0.29) is 11.4 Å². The molecule has 144 valence electrons. The van der Waals surface area contributed by atoms with Crippen molar-refractivity contribution < 1.29 is 14.1 Å². The lowest BCUT2D eigenvalue weighted by molar-refractivity contribution is -0.137. The van der Waals surface area contributed by atoms with Crippen molar-refractivity contribution in [3.05, 3.63) is 30.3 Å². The number of aromatic nitrogens is 3. The maximum Gasteiger partial charge on any atom is 0.227 e. The standard InChI is InChI=1S/C19H25N5O3/c1-2-24-11-10-23(13-19(24)8-12-26-14-19)17(25)7-6-16-21-18(22-27-16)15-5-3-4-9-20-15/h3-5,9H,2,6-8,10-14H2,1H3. The van der Waals surface area contributed by atoms with Crippen molar-refractivity contribution in [1.82, 2.24) is 24.9 Å². The smallest absolute Gasteiger partial charge is 0.227 e. The van der Waals surface area contributed by atoms with Gasteiger partial charge in [-0.3, -0.25) is 14.7 Å². The van der Waals surface area contributed by atoms with E-state index in [1.165, 1.54) is 0 Å². The highest BCUT2D eigenvalue weighted by Gasteiger charge is 2.44. The van der Waals surface area contributed by atoms with E-state index in [1.54, 1.807) is 6.20 Å². The number of amides is 1. The quantitative estimate of drug-likeness (QED) is 0.785. The number of aryl methyl sites for hydroxylation is 1. The second-order valence-corrected chi connectivity index (χ2v) is 7.15. The molecule has 8 nitrogen and oxygen atoms in total. The van der Waals surface area contributed by atoms with E-state index in [1.807, 2.05) is 23.1 Å². The molecule has 1 spiro atoms. The van der Waals surface area contributed by atoms with Gasteiger partial charge in [-0.1, -0.05) is 18.1 Å². The third-order valence-corrected chi connectivity index (χ3v) is 5.53. The minimum atomic E-state index is -0.0146. The summed E-state index contributed by atoms with van der Waals surface area (Å²) < 4.78 is 10.9. The minimum absolute atomic E-state index is 0.0146. The summed E-state index contributed by atoms with van der Waals surface area (Å²) >= 11 is 0. The molecule has 0 aliphatic carbocycles. The second kappa shape index (κ2) is 7.74. The molecule has 8 heteroatoms. The van der Waals surface area contributed by atoms with Gasteiger partial charge in [0.2, 0.25) is 17.6 Å². The molecule has 2 fully saturated rings. The SMILES string of the molecule is CCN1CCN(C(=O)CCc2nc(-c3ccccn3)no2)CC12CCOC2. The number of ether oxygens (including phenoxy) is 1. The Morgan fingerprint density at radius 2 is 2.26 bits per heavy atom. The van der Waals surface area contributed by atoms with E-state index >= 15 is 0 Å². The monoisotopic (exact) mass is 371 g/mol. The molecule has 1 atom stereocenters. The number of hydrogen-bond acceptors (Lipinski definition) is 7. The molecule has 0 aromatic carbocycles.